The Balaban J connectivity index is 2.99. The molecule has 8 heteroatoms. The molecule has 17 heavy (non-hydrogen) atoms. The van der Waals surface area contributed by atoms with Crippen LogP contribution in [0.15, 0.2) is 14.1 Å². The van der Waals surface area contributed by atoms with E-state index in [1.54, 1.807) is 6.07 Å². The molecule has 0 unspecified atom stereocenters. The molecule has 0 aliphatic heterocycles. The molecule has 5 nitrogen and oxygen atoms in total. The second-order valence-electron chi connectivity index (χ2n) is 3.46. The first-order valence-electron chi connectivity index (χ1n) is 4.72. The molecule has 0 atom stereocenters. The zero-order valence-corrected chi connectivity index (χ0v) is 12.9. The van der Waals surface area contributed by atoms with Crippen LogP contribution in [0.3, 0.4) is 0 Å². The van der Waals surface area contributed by atoms with Gasteiger partial charge in [-0.3, -0.25) is 4.79 Å². The summed E-state index contributed by atoms with van der Waals surface area (Å²) in [4.78, 5) is 11.1. The standard InChI is InChI=1S/C9H13BrN2O3S2/c1-6-4-8(16-9(6)10)17(14,15)12(3)5-7(13)11-2/h4H,5H2,1-3H3,(H,11,13). The van der Waals surface area contributed by atoms with Gasteiger partial charge in [-0.15, -0.1) is 11.3 Å². The van der Waals surface area contributed by atoms with Crippen molar-refractivity contribution in [3.05, 3.63) is 15.4 Å². The monoisotopic (exact) mass is 340 g/mol. The molecular weight excluding hydrogens is 328 g/mol. The van der Waals surface area contributed by atoms with E-state index >= 15 is 0 Å². The smallest absolute Gasteiger partial charge is 0.252 e. The number of aryl methyl sites for hydroxylation is 1. The molecule has 1 amide bonds. The maximum absolute atomic E-state index is 12.1. The molecule has 1 aromatic rings. The summed E-state index contributed by atoms with van der Waals surface area (Å²) in [6, 6.07) is 1.59. The highest BCUT2D eigenvalue weighted by Crippen LogP contribution is 2.31. The molecule has 1 rings (SSSR count). The van der Waals surface area contributed by atoms with E-state index < -0.39 is 10.0 Å². The minimum absolute atomic E-state index is 0.187. The Labute approximate surface area is 113 Å². The van der Waals surface area contributed by atoms with Crippen molar-refractivity contribution in [2.75, 3.05) is 20.6 Å². The van der Waals surface area contributed by atoms with Crippen molar-refractivity contribution in [1.82, 2.24) is 9.62 Å². The van der Waals surface area contributed by atoms with Crippen LogP contribution in [0, 0.1) is 6.92 Å². The Morgan fingerprint density at radius 2 is 2.18 bits per heavy atom. The number of hydrogen-bond donors (Lipinski definition) is 1. The molecular formula is C9H13BrN2O3S2. The van der Waals surface area contributed by atoms with Gasteiger partial charge in [0.25, 0.3) is 10.0 Å². The lowest BCUT2D eigenvalue weighted by molar-refractivity contribution is -0.120. The Kier molecular flexibility index (Phi) is 4.70. The van der Waals surface area contributed by atoms with Crippen LogP contribution < -0.4 is 5.32 Å². The summed E-state index contributed by atoms with van der Waals surface area (Å²) >= 11 is 4.42. The third-order valence-electron chi connectivity index (χ3n) is 2.14. The quantitative estimate of drug-likeness (QED) is 0.895. The third kappa shape index (κ3) is 3.27. The lowest BCUT2D eigenvalue weighted by atomic mass is 10.4. The molecule has 0 spiro atoms. The molecule has 0 saturated carbocycles. The first-order valence-corrected chi connectivity index (χ1v) is 7.77. The van der Waals surface area contributed by atoms with E-state index in [9.17, 15) is 13.2 Å². The molecule has 0 radical (unpaired) electrons. The normalized spacial score (nSPS) is 11.8. The van der Waals surface area contributed by atoms with E-state index in [0.29, 0.717) is 0 Å². The van der Waals surface area contributed by atoms with Crippen LogP contribution in [0.4, 0.5) is 0 Å². The van der Waals surface area contributed by atoms with Crippen LogP contribution in [0.2, 0.25) is 0 Å². The number of hydrogen-bond acceptors (Lipinski definition) is 4. The van der Waals surface area contributed by atoms with E-state index in [4.69, 9.17) is 0 Å². The Hall–Kier alpha value is -0.440. The second-order valence-corrected chi connectivity index (χ2v) is 8.10. The summed E-state index contributed by atoms with van der Waals surface area (Å²) < 4.78 is 26.2. The first-order chi connectivity index (χ1) is 7.78. The van der Waals surface area contributed by atoms with Crippen molar-refractivity contribution in [2.24, 2.45) is 0 Å². The van der Waals surface area contributed by atoms with E-state index in [-0.39, 0.29) is 16.7 Å². The number of likely N-dealkylation sites (N-methyl/N-ethyl adjacent to an activating group) is 2. The van der Waals surface area contributed by atoms with E-state index in [1.165, 1.54) is 14.1 Å². The number of carbonyl (C=O) groups excluding carboxylic acids is 1. The highest BCUT2D eigenvalue weighted by Gasteiger charge is 2.25. The van der Waals surface area contributed by atoms with E-state index in [2.05, 4.69) is 21.2 Å². The number of sulfonamides is 1. The van der Waals surface area contributed by atoms with Crippen molar-refractivity contribution < 1.29 is 13.2 Å². The lowest BCUT2D eigenvalue weighted by Crippen LogP contribution is -2.36. The fourth-order valence-electron chi connectivity index (χ4n) is 1.08. The molecule has 96 valence electrons. The zero-order chi connectivity index (χ0) is 13.2. The minimum Gasteiger partial charge on any atom is -0.358 e. The molecule has 0 aliphatic carbocycles. The molecule has 0 bridgehead atoms. The predicted molar refractivity (Wildman–Crippen MR) is 70.6 cm³/mol. The van der Waals surface area contributed by atoms with Crippen molar-refractivity contribution in [2.45, 2.75) is 11.1 Å². The van der Waals surface area contributed by atoms with Crippen LogP contribution in [0.5, 0.6) is 0 Å². The molecule has 0 fully saturated rings. The van der Waals surface area contributed by atoms with Crippen LogP contribution >= 0.6 is 27.3 Å². The second kappa shape index (κ2) is 5.47. The highest BCUT2D eigenvalue weighted by atomic mass is 79.9. The lowest BCUT2D eigenvalue weighted by Gasteiger charge is -2.14. The summed E-state index contributed by atoms with van der Waals surface area (Å²) in [5.41, 5.74) is 0.863. The Bertz CT molecular complexity index is 505. The van der Waals surface area contributed by atoms with Gasteiger partial charge in [0.2, 0.25) is 5.91 Å². The van der Waals surface area contributed by atoms with Gasteiger partial charge in [0.05, 0.1) is 10.3 Å². The highest BCUT2D eigenvalue weighted by molar-refractivity contribution is 9.11. The summed E-state index contributed by atoms with van der Waals surface area (Å²) in [5.74, 6) is -0.344. The van der Waals surface area contributed by atoms with Crippen LogP contribution in [-0.2, 0) is 14.8 Å². The Morgan fingerprint density at radius 1 is 1.59 bits per heavy atom. The average Bonchev–Trinajstić information content (AvgIpc) is 2.59. The topological polar surface area (TPSA) is 66.5 Å². The van der Waals surface area contributed by atoms with E-state index in [0.717, 1.165) is 25.0 Å². The summed E-state index contributed by atoms with van der Waals surface area (Å²) in [6.45, 7) is 1.63. The van der Waals surface area contributed by atoms with Crippen molar-refractivity contribution in [3.63, 3.8) is 0 Å². The van der Waals surface area contributed by atoms with Gasteiger partial charge in [-0.25, -0.2) is 8.42 Å². The van der Waals surface area contributed by atoms with Gasteiger partial charge < -0.3 is 5.32 Å². The maximum Gasteiger partial charge on any atom is 0.252 e. The van der Waals surface area contributed by atoms with Gasteiger partial charge in [-0.2, -0.15) is 4.31 Å². The molecule has 0 aromatic carbocycles. The summed E-state index contributed by atoms with van der Waals surface area (Å²) in [7, 11) is -0.735. The van der Waals surface area contributed by atoms with E-state index in [1.807, 2.05) is 6.92 Å². The number of nitrogens with one attached hydrogen (secondary N) is 1. The minimum atomic E-state index is -3.58. The van der Waals surface area contributed by atoms with Crippen molar-refractivity contribution in [3.8, 4) is 0 Å². The van der Waals surface area contributed by atoms with Gasteiger partial charge >= 0.3 is 0 Å². The van der Waals surface area contributed by atoms with Gasteiger partial charge in [-0.05, 0) is 34.5 Å². The van der Waals surface area contributed by atoms with Crippen molar-refractivity contribution in [1.29, 1.82) is 0 Å². The number of carbonyl (C=O) groups is 1. The number of nitrogens with zero attached hydrogens (tertiary/aromatic N) is 1. The fraction of sp³-hybridized carbons (Fsp3) is 0.444. The number of amides is 1. The van der Waals surface area contributed by atoms with Crippen molar-refractivity contribution >= 4 is 43.2 Å². The van der Waals surface area contributed by atoms with Crippen LogP contribution in [-0.4, -0.2) is 39.3 Å². The predicted octanol–water partition coefficient (Wildman–Crippen LogP) is 1.19. The molecule has 0 saturated heterocycles. The number of halogens is 1. The van der Waals surface area contributed by atoms with Gasteiger partial charge in [0.1, 0.15) is 4.21 Å². The molecule has 1 heterocycles. The van der Waals surface area contributed by atoms with Crippen LogP contribution in [0.1, 0.15) is 5.56 Å². The zero-order valence-electron chi connectivity index (χ0n) is 9.65. The molecule has 1 aromatic heterocycles. The van der Waals surface area contributed by atoms with Crippen LogP contribution in [0.25, 0.3) is 0 Å². The largest absolute Gasteiger partial charge is 0.358 e. The van der Waals surface area contributed by atoms with Gasteiger partial charge in [-0.1, -0.05) is 0 Å². The molecule has 1 N–H and O–H groups in total. The SMILES string of the molecule is CNC(=O)CN(C)S(=O)(=O)c1cc(C)c(Br)s1. The molecule has 0 aliphatic rings. The fourth-order valence-corrected chi connectivity index (χ4v) is 4.64. The average molecular weight is 341 g/mol. The summed E-state index contributed by atoms with van der Waals surface area (Å²) in [5, 5.41) is 2.39. The Morgan fingerprint density at radius 3 is 2.59 bits per heavy atom. The first kappa shape index (κ1) is 14.6. The summed E-state index contributed by atoms with van der Waals surface area (Å²) in [6.07, 6.45) is 0. The number of thiophene rings is 1. The third-order valence-corrected chi connectivity index (χ3v) is 6.53. The van der Waals surface area contributed by atoms with Gasteiger partial charge in [0.15, 0.2) is 0 Å². The maximum atomic E-state index is 12.1. The number of rotatable bonds is 4. The van der Waals surface area contributed by atoms with Gasteiger partial charge in [0, 0.05) is 14.1 Å².